The lowest BCUT2D eigenvalue weighted by Gasteiger charge is -2.31. The number of nitrogens with one attached hydrogen (secondary N) is 2. The Kier molecular flexibility index (Phi) is 5.71. The highest BCUT2D eigenvalue weighted by atomic mass is 35.5. The molecule has 9 heteroatoms. The first-order valence-corrected chi connectivity index (χ1v) is 13.3. The summed E-state index contributed by atoms with van der Waals surface area (Å²) in [6.07, 6.45) is 2.64. The lowest BCUT2D eigenvalue weighted by atomic mass is 9.76. The number of amides is 2. The zero-order chi connectivity index (χ0) is 25.9. The van der Waals surface area contributed by atoms with Crippen LogP contribution in [0.5, 0.6) is 0 Å². The van der Waals surface area contributed by atoms with Gasteiger partial charge in [-0.1, -0.05) is 48.9 Å². The number of carboxylic acid groups (broad SMARTS) is 1. The topological polar surface area (TPSA) is 102 Å². The molecule has 2 aromatic heterocycles. The minimum absolute atomic E-state index is 0.0325. The molecule has 0 saturated carbocycles. The number of aromatic amines is 1. The summed E-state index contributed by atoms with van der Waals surface area (Å²) < 4.78 is 0.529. The summed E-state index contributed by atoms with van der Waals surface area (Å²) in [6, 6.07) is 17.7. The van der Waals surface area contributed by atoms with Gasteiger partial charge in [0.1, 0.15) is 5.54 Å². The molecule has 0 spiro atoms. The van der Waals surface area contributed by atoms with Gasteiger partial charge in [0.05, 0.1) is 27.9 Å². The van der Waals surface area contributed by atoms with E-state index < -0.39 is 41.2 Å². The molecule has 2 aromatic carbocycles. The maximum absolute atomic E-state index is 14.0. The van der Waals surface area contributed by atoms with Crippen LogP contribution in [0.2, 0.25) is 4.34 Å². The number of thiophene rings is 1. The lowest BCUT2D eigenvalue weighted by molar-refractivity contribution is -0.148. The summed E-state index contributed by atoms with van der Waals surface area (Å²) in [4.78, 5) is 46.1. The van der Waals surface area contributed by atoms with Crippen molar-refractivity contribution in [3.8, 4) is 0 Å². The fourth-order valence-electron chi connectivity index (χ4n) is 5.89. The third-order valence-electron chi connectivity index (χ3n) is 7.68. The van der Waals surface area contributed by atoms with Crippen molar-refractivity contribution in [1.82, 2.24) is 10.3 Å². The Morgan fingerprint density at radius 2 is 1.84 bits per heavy atom. The van der Waals surface area contributed by atoms with Gasteiger partial charge in [-0.2, -0.15) is 0 Å². The Morgan fingerprint density at radius 3 is 2.51 bits per heavy atom. The van der Waals surface area contributed by atoms with Crippen LogP contribution in [0.4, 0.5) is 5.69 Å². The number of aliphatic carboxylic acids is 1. The molecule has 0 bridgehead atoms. The summed E-state index contributed by atoms with van der Waals surface area (Å²) in [7, 11) is 0. The van der Waals surface area contributed by atoms with E-state index in [-0.39, 0.29) is 6.42 Å². The highest BCUT2D eigenvalue weighted by Gasteiger charge is 2.69. The van der Waals surface area contributed by atoms with E-state index in [1.165, 1.54) is 16.2 Å². The first-order valence-electron chi connectivity index (χ1n) is 12.1. The second kappa shape index (κ2) is 8.83. The number of rotatable bonds is 6. The zero-order valence-electron chi connectivity index (χ0n) is 19.9. The van der Waals surface area contributed by atoms with Crippen LogP contribution in [0.25, 0.3) is 10.9 Å². The molecular formula is C28H24ClN3O4S. The average molecular weight is 534 g/mol. The van der Waals surface area contributed by atoms with Crippen LogP contribution in [-0.4, -0.2) is 33.4 Å². The molecule has 6 rings (SSSR count). The predicted octanol–water partition coefficient (Wildman–Crippen LogP) is 4.96. The fraction of sp³-hybridized carbons (Fsp3) is 0.250. The summed E-state index contributed by atoms with van der Waals surface area (Å²) >= 11 is 7.51. The number of H-pyrrole nitrogens is 1. The molecule has 4 unspecified atom stereocenters. The highest BCUT2D eigenvalue weighted by Crippen LogP contribution is 2.52. The minimum atomic E-state index is -1.69. The minimum Gasteiger partial charge on any atom is -0.480 e. The van der Waals surface area contributed by atoms with Gasteiger partial charge in [-0.15, -0.1) is 11.3 Å². The second-order valence-corrected chi connectivity index (χ2v) is 11.4. The normalized spacial score (nSPS) is 25.2. The van der Waals surface area contributed by atoms with Crippen molar-refractivity contribution >= 4 is 57.3 Å². The Balaban J connectivity index is 1.49. The van der Waals surface area contributed by atoms with Gasteiger partial charge in [0.25, 0.3) is 0 Å². The van der Waals surface area contributed by atoms with E-state index in [9.17, 15) is 19.5 Å². The largest absolute Gasteiger partial charge is 0.480 e. The molecule has 2 saturated heterocycles. The zero-order valence-corrected chi connectivity index (χ0v) is 21.5. The Labute approximate surface area is 222 Å². The van der Waals surface area contributed by atoms with Crippen LogP contribution in [0.3, 0.4) is 0 Å². The second-order valence-electron chi connectivity index (χ2n) is 9.61. The van der Waals surface area contributed by atoms with Crippen LogP contribution < -0.4 is 10.2 Å². The number of carboxylic acids is 1. The molecular weight excluding hydrogens is 510 g/mol. The average Bonchev–Trinajstić information content (AvgIpc) is 3.65. The highest BCUT2D eigenvalue weighted by molar-refractivity contribution is 7.16. The third kappa shape index (κ3) is 3.62. The maximum atomic E-state index is 14.0. The maximum Gasteiger partial charge on any atom is 0.325 e. The molecule has 2 aliphatic heterocycles. The van der Waals surface area contributed by atoms with E-state index in [0.717, 1.165) is 33.3 Å². The molecule has 2 aliphatic rings. The van der Waals surface area contributed by atoms with Gasteiger partial charge in [-0.05, 0) is 47.9 Å². The predicted molar refractivity (Wildman–Crippen MR) is 143 cm³/mol. The number of imide groups is 1. The number of aryl methyl sites for hydroxylation is 1. The number of carbonyl (C=O) groups is 3. The quantitative estimate of drug-likeness (QED) is 0.304. The number of benzene rings is 2. The van der Waals surface area contributed by atoms with Crippen molar-refractivity contribution in [2.75, 3.05) is 4.90 Å². The van der Waals surface area contributed by atoms with E-state index >= 15 is 0 Å². The van der Waals surface area contributed by atoms with Gasteiger partial charge in [-0.3, -0.25) is 19.7 Å². The van der Waals surface area contributed by atoms with Crippen LogP contribution in [0.1, 0.15) is 29.0 Å². The summed E-state index contributed by atoms with van der Waals surface area (Å²) in [6.45, 7) is 2.03. The molecule has 4 aromatic rings. The number of nitrogens with zero attached hydrogens (tertiary/aromatic N) is 1. The van der Waals surface area contributed by atoms with Crippen molar-refractivity contribution in [2.45, 2.75) is 31.3 Å². The Hall–Kier alpha value is -3.46. The lowest BCUT2D eigenvalue weighted by Crippen LogP contribution is -2.57. The molecule has 0 radical (unpaired) electrons. The molecule has 188 valence electrons. The molecule has 2 fully saturated rings. The van der Waals surface area contributed by atoms with Crippen LogP contribution in [0, 0.1) is 11.8 Å². The molecule has 0 aliphatic carbocycles. The van der Waals surface area contributed by atoms with E-state index in [1.807, 2.05) is 43.3 Å². The molecule has 4 heterocycles. The van der Waals surface area contributed by atoms with Gasteiger partial charge in [0.15, 0.2) is 0 Å². The number of carbonyl (C=O) groups excluding carboxylic acids is 2. The van der Waals surface area contributed by atoms with Crippen molar-refractivity contribution in [3.63, 3.8) is 0 Å². The van der Waals surface area contributed by atoms with Crippen LogP contribution in [0.15, 0.2) is 66.9 Å². The molecule has 4 atom stereocenters. The van der Waals surface area contributed by atoms with Crippen LogP contribution >= 0.6 is 22.9 Å². The van der Waals surface area contributed by atoms with Gasteiger partial charge in [0, 0.05) is 28.4 Å². The summed E-state index contributed by atoms with van der Waals surface area (Å²) in [5, 5.41) is 14.8. The number of para-hydroxylation sites is 1. The van der Waals surface area contributed by atoms with Gasteiger partial charge >= 0.3 is 5.97 Å². The van der Waals surface area contributed by atoms with E-state index in [0.29, 0.717) is 10.0 Å². The smallest absolute Gasteiger partial charge is 0.325 e. The Morgan fingerprint density at radius 1 is 1.08 bits per heavy atom. The summed E-state index contributed by atoms with van der Waals surface area (Å²) in [5.74, 6) is -4.04. The van der Waals surface area contributed by atoms with Gasteiger partial charge in [-0.25, -0.2) is 4.90 Å². The number of halogens is 1. The van der Waals surface area contributed by atoms with E-state index in [2.05, 4.69) is 10.3 Å². The fourth-order valence-corrected chi connectivity index (χ4v) is 7.05. The number of hydrogen-bond donors (Lipinski definition) is 3. The van der Waals surface area contributed by atoms with Gasteiger partial charge in [0.2, 0.25) is 11.8 Å². The van der Waals surface area contributed by atoms with Crippen molar-refractivity contribution < 1.29 is 19.5 Å². The molecule has 2 amide bonds. The number of aromatic nitrogens is 1. The van der Waals surface area contributed by atoms with Crippen molar-refractivity contribution in [3.05, 3.63) is 87.2 Å². The van der Waals surface area contributed by atoms with Crippen molar-refractivity contribution in [1.29, 1.82) is 0 Å². The first-order chi connectivity index (χ1) is 17.8. The van der Waals surface area contributed by atoms with E-state index in [4.69, 9.17) is 11.6 Å². The Bertz CT molecular complexity index is 1540. The number of fused-ring (bicyclic) bond motifs is 2. The molecule has 3 N–H and O–H groups in total. The van der Waals surface area contributed by atoms with E-state index in [1.54, 1.807) is 30.5 Å². The standard InChI is InChI=1S/C28H24ClN3O4S/c1-2-15-7-9-17(10-8-15)32-25(33)22-23(26(32)34)28(27(35)36,31-24(22)20-11-12-21(29)37-20)13-16-14-30-19-6-4-3-5-18(16)19/h3-12,14,22-24,30-31H,2,13H2,1H3,(H,35,36). The SMILES string of the molecule is CCc1ccc(N2C(=O)C3C(c4ccc(Cl)s4)NC(Cc4c[nH]c5ccccc45)(C(=O)O)C3C2=O)cc1. The van der Waals surface area contributed by atoms with Crippen molar-refractivity contribution in [2.24, 2.45) is 11.8 Å². The van der Waals surface area contributed by atoms with Crippen LogP contribution in [-0.2, 0) is 27.2 Å². The molecule has 37 heavy (non-hydrogen) atoms. The monoisotopic (exact) mass is 533 g/mol. The molecule has 7 nitrogen and oxygen atoms in total. The first kappa shape index (κ1) is 23.9. The number of hydrogen-bond acceptors (Lipinski definition) is 5. The third-order valence-corrected chi connectivity index (χ3v) is 9.00. The number of anilines is 1. The van der Waals surface area contributed by atoms with Gasteiger partial charge < -0.3 is 10.1 Å². The summed E-state index contributed by atoms with van der Waals surface area (Å²) in [5.41, 5.74) is 1.48.